The molecule has 1 rings (SSSR count). The van der Waals surface area contributed by atoms with Gasteiger partial charge in [0.15, 0.2) is 0 Å². The van der Waals surface area contributed by atoms with E-state index in [0.29, 0.717) is 18.4 Å². The quantitative estimate of drug-likeness (QED) is 0.797. The Hall–Kier alpha value is -0.610. The highest BCUT2D eigenvalue weighted by atomic mass is 16.2. The zero-order chi connectivity index (χ0) is 14.6. The molecule has 0 spiro atoms. The number of likely N-dealkylation sites (tertiary alicyclic amines) is 1. The highest BCUT2D eigenvalue weighted by Crippen LogP contribution is 2.23. The van der Waals surface area contributed by atoms with Crippen LogP contribution in [0.1, 0.15) is 47.5 Å². The molecule has 3 N–H and O–H groups in total. The van der Waals surface area contributed by atoms with E-state index in [-0.39, 0.29) is 17.5 Å². The Morgan fingerprint density at radius 3 is 2.68 bits per heavy atom. The Bertz CT molecular complexity index is 304. The van der Waals surface area contributed by atoms with Gasteiger partial charge in [0.05, 0.1) is 6.04 Å². The molecule has 1 aliphatic heterocycles. The molecule has 0 aromatic rings. The Balaban J connectivity index is 2.57. The first-order valence-electron chi connectivity index (χ1n) is 7.57. The fourth-order valence-corrected chi connectivity index (χ4v) is 2.53. The zero-order valence-electron chi connectivity index (χ0n) is 13.2. The minimum absolute atomic E-state index is 0.0626. The van der Waals surface area contributed by atoms with Gasteiger partial charge >= 0.3 is 0 Å². The third-order valence-corrected chi connectivity index (χ3v) is 4.72. The van der Waals surface area contributed by atoms with Crippen LogP contribution in [0.2, 0.25) is 0 Å². The van der Waals surface area contributed by atoms with E-state index >= 15 is 0 Å². The van der Waals surface area contributed by atoms with Crippen molar-refractivity contribution < 1.29 is 4.79 Å². The molecule has 0 aromatic heterocycles. The smallest absolute Gasteiger partial charge is 0.237 e. The van der Waals surface area contributed by atoms with E-state index in [4.69, 9.17) is 5.73 Å². The second-order valence-corrected chi connectivity index (χ2v) is 6.66. The van der Waals surface area contributed by atoms with Gasteiger partial charge in [-0.1, -0.05) is 13.8 Å². The molecule has 1 amide bonds. The molecule has 19 heavy (non-hydrogen) atoms. The van der Waals surface area contributed by atoms with Crippen molar-refractivity contribution in [3.63, 3.8) is 0 Å². The summed E-state index contributed by atoms with van der Waals surface area (Å²) in [5, 5.41) is 3.14. The molecule has 4 nitrogen and oxygen atoms in total. The molecule has 1 aliphatic rings. The van der Waals surface area contributed by atoms with Gasteiger partial charge in [-0.3, -0.25) is 9.69 Å². The average Bonchev–Trinajstić information content (AvgIpc) is 2.38. The van der Waals surface area contributed by atoms with Crippen molar-refractivity contribution in [3.05, 3.63) is 0 Å². The lowest BCUT2D eigenvalue weighted by atomic mass is 9.86. The molecule has 1 heterocycles. The lowest BCUT2D eigenvalue weighted by Crippen LogP contribution is -2.55. The standard InChI is InChI=1S/C15H31N3O/c1-6-15(4,5)17-14(19)12(3)18-8-7-11(2)13(9-16)10-18/h11-13H,6-10,16H2,1-5H3,(H,17,19). The van der Waals surface area contributed by atoms with E-state index in [9.17, 15) is 4.79 Å². The third-order valence-electron chi connectivity index (χ3n) is 4.72. The minimum Gasteiger partial charge on any atom is -0.350 e. The zero-order valence-corrected chi connectivity index (χ0v) is 13.2. The summed E-state index contributed by atoms with van der Waals surface area (Å²) in [4.78, 5) is 14.6. The molecule has 3 atom stereocenters. The van der Waals surface area contributed by atoms with Gasteiger partial charge in [-0.05, 0) is 58.5 Å². The molecule has 0 aromatic carbocycles. The minimum atomic E-state index is -0.123. The Labute approximate surface area is 118 Å². The van der Waals surface area contributed by atoms with Gasteiger partial charge in [0.1, 0.15) is 0 Å². The highest BCUT2D eigenvalue weighted by Gasteiger charge is 2.31. The lowest BCUT2D eigenvalue weighted by molar-refractivity contribution is -0.128. The largest absolute Gasteiger partial charge is 0.350 e. The molecule has 0 aliphatic carbocycles. The number of nitrogens with zero attached hydrogens (tertiary/aromatic N) is 1. The normalized spacial score (nSPS) is 27.1. The number of nitrogens with one attached hydrogen (secondary N) is 1. The van der Waals surface area contributed by atoms with Crippen molar-refractivity contribution in [2.75, 3.05) is 19.6 Å². The molecule has 0 bridgehead atoms. The van der Waals surface area contributed by atoms with Crippen LogP contribution >= 0.6 is 0 Å². The van der Waals surface area contributed by atoms with E-state index in [0.717, 1.165) is 25.9 Å². The predicted octanol–water partition coefficient (Wildman–Crippen LogP) is 1.60. The van der Waals surface area contributed by atoms with Crippen LogP contribution in [-0.2, 0) is 4.79 Å². The molecule has 3 unspecified atom stereocenters. The van der Waals surface area contributed by atoms with Crippen LogP contribution in [0.4, 0.5) is 0 Å². The molecular weight excluding hydrogens is 238 g/mol. The van der Waals surface area contributed by atoms with E-state index < -0.39 is 0 Å². The number of amides is 1. The monoisotopic (exact) mass is 269 g/mol. The molecule has 0 saturated carbocycles. The second-order valence-electron chi connectivity index (χ2n) is 6.66. The number of rotatable bonds is 5. The summed E-state index contributed by atoms with van der Waals surface area (Å²) in [7, 11) is 0. The lowest BCUT2D eigenvalue weighted by Gasteiger charge is -2.40. The third kappa shape index (κ3) is 4.46. The summed E-state index contributed by atoms with van der Waals surface area (Å²) in [6.07, 6.45) is 2.07. The first-order chi connectivity index (χ1) is 8.80. The van der Waals surface area contributed by atoms with Crippen LogP contribution in [0.5, 0.6) is 0 Å². The summed E-state index contributed by atoms with van der Waals surface area (Å²) in [5.74, 6) is 1.32. The summed E-state index contributed by atoms with van der Waals surface area (Å²) in [6.45, 7) is 13.2. The SMILES string of the molecule is CCC(C)(C)NC(=O)C(C)N1CCC(C)C(CN)C1. The molecule has 112 valence electrons. The number of nitrogens with two attached hydrogens (primary N) is 1. The van der Waals surface area contributed by atoms with Gasteiger partial charge in [0, 0.05) is 12.1 Å². The van der Waals surface area contributed by atoms with Gasteiger partial charge in [0.25, 0.3) is 0 Å². The van der Waals surface area contributed by atoms with Crippen molar-refractivity contribution in [1.82, 2.24) is 10.2 Å². The summed E-state index contributed by atoms with van der Waals surface area (Å²) in [5.41, 5.74) is 5.70. The maximum absolute atomic E-state index is 12.3. The van der Waals surface area contributed by atoms with Gasteiger partial charge in [-0.2, -0.15) is 0 Å². The maximum atomic E-state index is 12.3. The van der Waals surface area contributed by atoms with Crippen molar-refractivity contribution in [1.29, 1.82) is 0 Å². The van der Waals surface area contributed by atoms with E-state index in [2.05, 4.69) is 37.9 Å². The van der Waals surface area contributed by atoms with E-state index in [1.54, 1.807) is 0 Å². The Kier molecular flexibility index (Phi) is 5.81. The highest BCUT2D eigenvalue weighted by molar-refractivity contribution is 5.82. The van der Waals surface area contributed by atoms with E-state index in [1.165, 1.54) is 0 Å². The number of hydrogen-bond acceptors (Lipinski definition) is 3. The van der Waals surface area contributed by atoms with Crippen LogP contribution in [0.15, 0.2) is 0 Å². The van der Waals surface area contributed by atoms with Crippen LogP contribution in [0.3, 0.4) is 0 Å². The predicted molar refractivity (Wildman–Crippen MR) is 79.9 cm³/mol. The van der Waals surface area contributed by atoms with Crippen LogP contribution < -0.4 is 11.1 Å². The number of carbonyl (C=O) groups excluding carboxylic acids is 1. The summed E-state index contributed by atoms with van der Waals surface area (Å²) in [6, 6.07) is -0.0626. The summed E-state index contributed by atoms with van der Waals surface area (Å²) >= 11 is 0. The first kappa shape index (κ1) is 16.4. The number of carbonyl (C=O) groups is 1. The molecule has 4 heteroatoms. The average molecular weight is 269 g/mol. The number of piperidine rings is 1. The summed E-state index contributed by atoms with van der Waals surface area (Å²) < 4.78 is 0. The van der Waals surface area contributed by atoms with E-state index in [1.807, 2.05) is 6.92 Å². The molecule has 0 radical (unpaired) electrons. The van der Waals surface area contributed by atoms with Gasteiger partial charge < -0.3 is 11.1 Å². The fourth-order valence-electron chi connectivity index (χ4n) is 2.53. The Morgan fingerprint density at radius 2 is 2.16 bits per heavy atom. The maximum Gasteiger partial charge on any atom is 0.237 e. The Morgan fingerprint density at radius 1 is 1.53 bits per heavy atom. The van der Waals surface area contributed by atoms with Gasteiger partial charge in [0.2, 0.25) is 5.91 Å². The molecular formula is C15H31N3O. The fraction of sp³-hybridized carbons (Fsp3) is 0.933. The molecule has 1 saturated heterocycles. The van der Waals surface area contributed by atoms with Crippen LogP contribution in [0.25, 0.3) is 0 Å². The van der Waals surface area contributed by atoms with Crippen molar-refractivity contribution in [3.8, 4) is 0 Å². The van der Waals surface area contributed by atoms with Crippen molar-refractivity contribution in [2.45, 2.75) is 59.0 Å². The van der Waals surface area contributed by atoms with Gasteiger partial charge in [-0.25, -0.2) is 0 Å². The van der Waals surface area contributed by atoms with Crippen molar-refractivity contribution >= 4 is 5.91 Å². The van der Waals surface area contributed by atoms with Gasteiger partial charge in [-0.15, -0.1) is 0 Å². The molecule has 1 fully saturated rings. The van der Waals surface area contributed by atoms with Crippen LogP contribution in [0, 0.1) is 11.8 Å². The first-order valence-corrected chi connectivity index (χ1v) is 7.57. The second kappa shape index (κ2) is 6.71. The topological polar surface area (TPSA) is 58.4 Å². The number of hydrogen-bond donors (Lipinski definition) is 2. The van der Waals surface area contributed by atoms with Crippen molar-refractivity contribution in [2.24, 2.45) is 17.6 Å². The van der Waals surface area contributed by atoms with Crippen LogP contribution in [-0.4, -0.2) is 42.0 Å².